The van der Waals surface area contributed by atoms with Crippen LogP contribution in [0.15, 0.2) is 60.7 Å². The first kappa shape index (κ1) is 19.9. The normalized spacial score (nSPS) is 26.1. The van der Waals surface area contributed by atoms with Crippen molar-refractivity contribution < 1.29 is 8.78 Å². The number of fused-ring (bicyclic) bond motifs is 1. The molecule has 0 N–H and O–H groups in total. The first-order valence-corrected chi connectivity index (χ1v) is 11.2. The largest absolute Gasteiger partial charge is 0.298 e. The third-order valence-corrected chi connectivity index (χ3v) is 7.06. The van der Waals surface area contributed by atoms with Gasteiger partial charge in [0.2, 0.25) is 0 Å². The van der Waals surface area contributed by atoms with E-state index < -0.39 is 5.92 Å². The minimum atomic E-state index is -2.50. The van der Waals surface area contributed by atoms with Gasteiger partial charge < -0.3 is 0 Å². The van der Waals surface area contributed by atoms with Crippen LogP contribution in [0.4, 0.5) is 8.78 Å². The van der Waals surface area contributed by atoms with Gasteiger partial charge in [0, 0.05) is 45.1 Å². The summed E-state index contributed by atoms with van der Waals surface area (Å²) >= 11 is 0. The summed E-state index contributed by atoms with van der Waals surface area (Å²) in [5.41, 5.74) is 5.46. The van der Waals surface area contributed by atoms with Crippen LogP contribution in [-0.4, -0.2) is 48.4 Å². The van der Waals surface area contributed by atoms with Crippen LogP contribution in [0.5, 0.6) is 0 Å². The molecule has 0 radical (unpaired) electrons. The second-order valence-electron chi connectivity index (χ2n) is 9.27. The Bertz CT molecular complexity index is 891. The van der Waals surface area contributed by atoms with Gasteiger partial charge in [0.15, 0.2) is 0 Å². The number of rotatable bonds is 6. The Labute approximate surface area is 178 Å². The van der Waals surface area contributed by atoms with E-state index in [0.717, 1.165) is 32.0 Å². The summed E-state index contributed by atoms with van der Waals surface area (Å²) < 4.78 is 26.7. The Morgan fingerprint density at radius 3 is 2.43 bits per heavy atom. The third kappa shape index (κ3) is 4.35. The number of benzene rings is 2. The van der Waals surface area contributed by atoms with Gasteiger partial charge in [-0.05, 0) is 41.0 Å². The molecule has 0 saturated carbocycles. The van der Waals surface area contributed by atoms with Crippen LogP contribution in [0.1, 0.15) is 29.5 Å². The predicted octanol–water partition coefficient (Wildman–Crippen LogP) is 5.11. The zero-order chi connectivity index (χ0) is 20.6. The Hall–Kier alpha value is -2.04. The van der Waals surface area contributed by atoms with E-state index in [4.69, 9.17) is 0 Å². The van der Waals surface area contributed by atoms with Crippen molar-refractivity contribution in [3.8, 4) is 0 Å². The van der Waals surface area contributed by atoms with Gasteiger partial charge in [-0.2, -0.15) is 0 Å². The van der Waals surface area contributed by atoms with Gasteiger partial charge >= 0.3 is 0 Å². The summed E-state index contributed by atoms with van der Waals surface area (Å²) in [6, 6.07) is 19.6. The molecule has 0 aromatic heterocycles. The van der Waals surface area contributed by atoms with Crippen LogP contribution in [0, 0.1) is 11.8 Å². The van der Waals surface area contributed by atoms with E-state index in [2.05, 4.69) is 65.6 Å². The number of alkyl halides is 2. The number of hydrogen-bond donors (Lipinski definition) is 0. The van der Waals surface area contributed by atoms with Crippen LogP contribution in [-0.2, 0) is 13.0 Å². The van der Waals surface area contributed by atoms with E-state index >= 15 is 0 Å². The summed E-state index contributed by atoms with van der Waals surface area (Å²) in [5.74, 6) is -1.13. The minimum Gasteiger partial charge on any atom is -0.298 e. The molecule has 5 rings (SSSR count). The van der Waals surface area contributed by atoms with Crippen molar-refractivity contribution in [2.24, 2.45) is 11.8 Å². The Kier molecular flexibility index (Phi) is 5.46. The predicted molar refractivity (Wildman–Crippen MR) is 117 cm³/mol. The topological polar surface area (TPSA) is 6.48 Å². The van der Waals surface area contributed by atoms with Gasteiger partial charge in [-0.25, -0.2) is 8.78 Å². The molecule has 2 fully saturated rings. The molecule has 2 aromatic carbocycles. The molecule has 1 aliphatic carbocycles. The number of hydrogen-bond acceptors (Lipinski definition) is 2. The van der Waals surface area contributed by atoms with Crippen LogP contribution < -0.4 is 0 Å². The van der Waals surface area contributed by atoms with Gasteiger partial charge in [0.05, 0.1) is 6.54 Å². The van der Waals surface area contributed by atoms with Crippen molar-refractivity contribution >= 4 is 5.57 Å². The van der Waals surface area contributed by atoms with Crippen molar-refractivity contribution in [2.75, 3.05) is 32.7 Å². The summed E-state index contributed by atoms with van der Waals surface area (Å²) in [6.45, 7) is 4.50. The standard InChI is InChI=1S/C26H30F2N2/c27-26(28)13-15-29(19-26)14-12-20-6-8-22(9-7-20)24-11-10-23-17-30(18-25(23)24)16-21-4-2-1-3-5-21/h1-9,11,23,25H,10,12-19H2. The molecular formula is C26H30F2N2. The van der Waals surface area contributed by atoms with Crippen LogP contribution in [0.2, 0.25) is 0 Å². The van der Waals surface area contributed by atoms with Gasteiger partial charge in [-0.15, -0.1) is 0 Å². The number of allylic oxidation sites excluding steroid dienone is 1. The fraction of sp³-hybridized carbons (Fsp3) is 0.462. The van der Waals surface area contributed by atoms with E-state index in [-0.39, 0.29) is 13.0 Å². The lowest BCUT2D eigenvalue weighted by Crippen LogP contribution is -2.27. The maximum absolute atomic E-state index is 13.4. The molecule has 0 spiro atoms. The van der Waals surface area contributed by atoms with Crippen molar-refractivity contribution in [2.45, 2.75) is 31.7 Å². The second-order valence-corrected chi connectivity index (χ2v) is 9.27. The lowest BCUT2D eigenvalue weighted by molar-refractivity contribution is 0.0123. The summed E-state index contributed by atoms with van der Waals surface area (Å²) in [6.07, 6.45) is 4.46. The van der Waals surface area contributed by atoms with Crippen molar-refractivity contribution in [1.82, 2.24) is 9.80 Å². The molecule has 2 aliphatic heterocycles. The van der Waals surface area contributed by atoms with E-state index in [1.807, 2.05) is 4.90 Å². The average Bonchev–Trinajstić information content (AvgIpc) is 3.41. The fourth-order valence-electron chi connectivity index (χ4n) is 5.43. The molecule has 3 aliphatic rings. The fourth-order valence-corrected chi connectivity index (χ4v) is 5.43. The lowest BCUT2D eigenvalue weighted by Gasteiger charge is -2.18. The van der Waals surface area contributed by atoms with Crippen LogP contribution in [0.25, 0.3) is 5.57 Å². The third-order valence-electron chi connectivity index (χ3n) is 7.06. The van der Waals surface area contributed by atoms with Crippen molar-refractivity contribution in [3.05, 3.63) is 77.4 Å². The van der Waals surface area contributed by atoms with Gasteiger partial charge in [-0.1, -0.05) is 60.7 Å². The maximum atomic E-state index is 13.4. The first-order valence-electron chi connectivity index (χ1n) is 11.2. The molecule has 0 bridgehead atoms. The zero-order valence-corrected chi connectivity index (χ0v) is 17.4. The van der Waals surface area contributed by atoms with Gasteiger partial charge in [0.25, 0.3) is 5.92 Å². The summed E-state index contributed by atoms with van der Waals surface area (Å²) in [4.78, 5) is 4.48. The first-order chi connectivity index (χ1) is 14.6. The van der Waals surface area contributed by atoms with Gasteiger partial charge in [-0.3, -0.25) is 9.80 Å². The SMILES string of the molecule is FC1(F)CCN(CCc2ccc(C3=CCC4CN(Cc5ccccc5)CC34)cc2)C1. The molecular weight excluding hydrogens is 378 g/mol. The molecule has 2 saturated heterocycles. The van der Waals surface area contributed by atoms with E-state index in [1.54, 1.807) is 0 Å². The van der Waals surface area contributed by atoms with Crippen molar-refractivity contribution in [3.63, 3.8) is 0 Å². The molecule has 2 unspecified atom stereocenters. The Morgan fingerprint density at radius 1 is 0.900 bits per heavy atom. The molecule has 2 heterocycles. The highest BCUT2D eigenvalue weighted by Crippen LogP contribution is 2.43. The number of halogens is 2. The zero-order valence-electron chi connectivity index (χ0n) is 17.4. The highest BCUT2D eigenvalue weighted by Gasteiger charge is 2.39. The smallest absolute Gasteiger partial charge is 0.261 e. The van der Waals surface area contributed by atoms with E-state index in [1.165, 1.54) is 35.2 Å². The minimum absolute atomic E-state index is 0.00391. The molecule has 158 valence electrons. The monoisotopic (exact) mass is 408 g/mol. The highest BCUT2D eigenvalue weighted by molar-refractivity contribution is 5.70. The molecule has 2 nitrogen and oxygen atoms in total. The van der Waals surface area contributed by atoms with Crippen LogP contribution >= 0.6 is 0 Å². The van der Waals surface area contributed by atoms with Crippen LogP contribution in [0.3, 0.4) is 0 Å². The molecule has 2 atom stereocenters. The molecule has 30 heavy (non-hydrogen) atoms. The highest BCUT2D eigenvalue weighted by atomic mass is 19.3. The second kappa shape index (κ2) is 8.24. The summed E-state index contributed by atoms with van der Waals surface area (Å²) in [7, 11) is 0. The molecule has 2 aromatic rings. The average molecular weight is 409 g/mol. The van der Waals surface area contributed by atoms with Crippen molar-refractivity contribution in [1.29, 1.82) is 0 Å². The number of nitrogens with zero attached hydrogens (tertiary/aromatic N) is 2. The quantitative estimate of drug-likeness (QED) is 0.656. The maximum Gasteiger partial charge on any atom is 0.261 e. The number of likely N-dealkylation sites (tertiary alicyclic amines) is 2. The van der Waals surface area contributed by atoms with E-state index in [9.17, 15) is 8.78 Å². The molecule has 0 amide bonds. The van der Waals surface area contributed by atoms with E-state index in [0.29, 0.717) is 12.5 Å². The van der Waals surface area contributed by atoms with Gasteiger partial charge in [0.1, 0.15) is 0 Å². The Balaban J connectivity index is 1.17. The molecule has 4 heteroatoms. The Morgan fingerprint density at radius 2 is 1.70 bits per heavy atom. The summed E-state index contributed by atoms with van der Waals surface area (Å²) in [5, 5.41) is 0. The lowest BCUT2D eigenvalue weighted by atomic mass is 9.90.